The van der Waals surface area contributed by atoms with E-state index in [9.17, 15) is 4.79 Å². The Morgan fingerprint density at radius 2 is 1.84 bits per heavy atom. The van der Waals surface area contributed by atoms with Crippen molar-refractivity contribution in [1.82, 2.24) is 10.2 Å². The van der Waals surface area contributed by atoms with Crippen LogP contribution in [0.4, 0.5) is 0 Å². The van der Waals surface area contributed by atoms with Crippen molar-refractivity contribution < 1.29 is 11.0 Å². The highest BCUT2D eigenvalue weighted by molar-refractivity contribution is 5.78. The number of hydrogen-bond donors (Lipinski definition) is 1. The average molecular weight is 274 g/mol. The Morgan fingerprint density at radius 3 is 2.32 bits per heavy atom. The third-order valence-electron chi connectivity index (χ3n) is 3.52. The fourth-order valence-electron chi connectivity index (χ4n) is 1.71. The van der Waals surface area contributed by atoms with E-state index >= 15 is 0 Å². The molecular weight excluding hydrogens is 240 g/mol. The van der Waals surface area contributed by atoms with Gasteiger partial charge < -0.3 is 10.1 Å². The van der Waals surface area contributed by atoms with Crippen LogP contribution < -0.4 is 5.32 Å². The van der Waals surface area contributed by atoms with Crippen LogP contribution in [-0.2, 0) is 9.53 Å². The topological polar surface area (TPSA) is 41.6 Å². The van der Waals surface area contributed by atoms with Crippen LogP contribution in [0.5, 0.6) is 0 Å². The second-order valence-electron chi connectivity index (χ2n) is 5.83. The van der Waals surface area contributed by atoms with Crippen LogP contribution in [0.15, 0.2) is 0 Å². The highest BCUT2D eigenvalue weighted by Crippen LogP contribution is 2.25. The summed E-state index contributed by atoms with van der Waals surface area (Å²) in [6.45, 7) is 17.5. The maximum atomic E-state index is 11.9. The van der Waals surface area contributed by atoms with Crippen LogP contribution in [0.3, 0.4) is 0 Å². The lowest BCUT2D eigenvalue weighted by Gasteiger charge is -2.28. The predicted octanol–water partition coefficient (Wildman–Crippen LogP) is 2.39. The van der Waals surface area contributed by atoms with Gasteiger partial charge in [-0.3, -0.25) is 9.69 Å². The first kappa shape index (κ1) is 18.4. The Morgan fingerprint density at radius 1 is 1.32 bits per heavy atom. The van der Waals surface area contributed by atoms with Gasteiger partial charge in [0.15, 0.2) is 0 Å². The molecule has 116 valence electrons. The van der Waals surface area contributed by atoms with Crippen LogP contribution in [0.2, 0.25) is 0 Å². The molecule has 0 aromatic rings. The summed E-state index contributed by atoms with van der Waals surface area (Å²) in [5.74, 6) is 0.206. The number of carbonyl (C=O) groups excluding carboxylic acids is 1. The van der Waals surface area contributed by atoms with Gasteiger partial charge in [-0.1, -0.05) is 41.5 Å². The number of carbonyl (C=O) groups is 1. The van der Waals surface area contributed by atoms with E-state index in [-0.39, 0.29) is 18.7 Å². The van der Waals surface area contributed by atoms with Crippen molar-refractivity contribution in [3.63, 3.8) is 0 Å². The SMILES string of the molecule is CC.CC(C(=O)NCCN1CCOCC1)C(C)(C)C.[HH]. The van der Waals surface area contributed by atoms with E-state index < -0.39 is 0 Å². The number of nitrogens with zero attached hydrogens (tertiary/aromatic N) is 1. The molecule has 0 radical (unpaired) electrons. The van der Waals surface area contributed by atoms with Crippen LogP contribution >= 0.6 is 0 Å². The van der Waals surface area contributed by atoms with E-state index in [1.54, 1.807) is 0 Å². The maximum absolute atomic E-state index is 11.9. The molecule has 0 aliphatic carbocycles. The molecule has 1 amide bonds. The van der Waals surface area contributed by atoms with Gasteiger partial charge in [0.2, 0.25) is 5.91 Å². The van der Waals surface area contributed by atoms with Crippen molar-refractivity contribution in [1.29, 1.82) is 0 Å². The summed E-state index contributed by atoms with van der Waals surface area (Å²) in [7, 11) is 0. The molecule has 4 nitrogen and oxygen atoms in total. The number of morpholine rings is 1. The first-order valence-corrected chi connectivity index (χ1v) is 7.49. The van der Waals surface area contributed by atoms with E-state index in [2.05, 4.69) is 31.0 Å². The minimum absolute atomic E-state index is 0. The Balaban J connectivity index is 0. The van der Waals surface area contributed by atoms with Gasteiger partial charge in [0, 0.05) is 33.5 Å². The molecule has 0 aromatic carbocycles. The quantitative estimate of drug-likeness (QED) is 0.856. The Labute approximate surface area is 120 Å². The van der Waals surface area contributed by atoms with Crippen molar-refractivity contribution >= 4 is 5.91 Å². The summed E-state index contributed by atoms with van der Waals surface area (Å²) < 4.78 is 5.28. The normalized spacial score (nSPS) is 18.2. The zero-order chi connectivity index (χ0) is 14.9. The van der Waals surface area contributed by atoms with Crippen LogP contribution in [0.1, 0.15) is 43.0 Å². The van der Waals surface area contributed by atoms with E-state index in [4.69, 9.17) is 4.74 Å². The van der Waals surface area contributed by atoms with Crippen LogP contribution in [-0.4, -0.2) is 50.2 Å². The van der Waals surface area contributed by atoms with Crippen molar-refractivity contribution in [3.8, 4) is 0 Å². The van der Waals surface area contributed by atoms with E-state index in [1.807, 2.05) is 20.8 Å². The standard InChI is InChI=1S/C13H26N2O2.C2H6.H2/c1-11(13(2,3)4)12(16)14-5-6-15-7-9-17-10-8-15;1-2;/h11H,5-10H2,1-4H3,(H,14,16);1-2H3;1H. The third-order valence-corrected chi connectivity index (χ3v) is 3.52. The average Bonchev–Trinajstić information content (AvgIpc) is 2.40. The molecule has 1 atom stereocenters. The van der Waals surface area contributed by atoms with Crippen molar-refractivity contribution in [2.24, 2.45) is 11.3 Å². The summed E-state index contributed by atoms with van der Waals surface area (Å²) in [6, 6.07) is 0. The van der Waals surface area contributed by atoms with Gasteiger partial charge in [0.25, 0.3) is 0 Å². The Bertz CT molecular complexity index is 249. The van der Waals surface area contributed by atoms with E-state index in [0.717, 1.165) is 39.4 Å². The zero-order valence-electron chi connectivity index (χ0n) is 13.6. The molecule has 1 fully saturated rings. The Kier molecular flexibility index (Phi) is 9.02. The molecule has 1 N–H and O–H groups in total. The molecule has 1 unspecified atom stereocenters. The van der Waals surface area contributed by atoms with Crippen LogP contribution in [0, 0.1) is 11.3 Å². The number of rotatable bonds is 4. The second-order valence-corrected chi connectivity index (χ2v) is 5.83. The molecule has 0 bridgehead atoms. The number of ether oxygens (including phenoxy) is 1. The van der Waals surface area contributed by atoms with Crippen molar-refractivity contribution in [2.75, 3.05) is 39.4 Å². The van der Waals surface area contributed by atoms with Gasteiger partial charge in [-0.2, -0.15) is 0 Å². The minimum atomic E-state index is 0. The van der Waals surface area contributed by atoms with Gasteiger partial charge in [-0.15, -0.1) is 0 Å². The fraction of sp³-hybridized carbons (Fsp3) is 0.933. The third kappa shape index (κ3) is 7.53. The molecule has 0 saturated carbocycles. The summed E-state index contributed by atoms with van der Waals surface area (Å²) in [5, 5.41) is 3.01. The Hall–Kier alpha value is -0.610. The molecule has 19 heavy (non-hydrogen) atoms. The monoisotopic (exact) mass is 274 g/mol. The smallest absolute Gasteiger partial charge is 0.223 e. The molecular formula is C15H34N2O2. The lowest BCUT2D eigenvalue weighted by Crippen LogP contribution is -2.43. The molecule has 1 saturated heterocycles. The van der Waals surface area contributed by atoms with Gasteiger partial charge in [0.05, 0.1) is 13.2 Å². The summed E-state index contributed by atoms with van der Waals surface area (Å²) >= 11 is 0. The second kappa shape index (κ2) is 9.32. The van der Waals surface area contributed by atoms with Crippen molar-refractivity contribution in [3.05, 3.63) is 0 Å². The lowest BCUT2D eigenvalue weighted by molar-refractivity contribution is -0.127. The molecule has 4 heteroatoms. The number of nitrogens with one attached hydrogen (secondary N) is 1. The highest BCUT2D eigenvalue weighted by Gasteiger charge is 2.26. The molecule has 0 spiro atoms. The fourth-order valence-corrected chi connectivity index (χ4v) is 1.71. The predicted molar refractivity (Wildman–Crippen MR) is 82.3 cm³/mol. The maximum Gasteiger partial charge on any atom is 0.223 e. The summed E-state index contributed by atoms with van der Waals surface area (Å²) in [5.41, 5.74) is 0.0308. The van der Waals surface area contributed by atoms with Gasteiger partial charge in [-0.25, -0.2) is 0 Å². The molecule has 0 aromatic heterocycles. The summed E-state index contributed by atoms with van der Waals surface area (Å²) in [6.07, 6.45) is 0. The van der Waals surface area contributed by atoms with Gasteiger partial charge in [-0.05, 0) is 5.41 Å². The largest absolute Gasteiger partial charge is 0.379 e. The highest BCUT2D eigenvalue weighted by atomic mass is 16.5. The first-order valence-electron chi connectivity index (χ1n) is 7.49. The van der Waals surface area contributed by atoms with Crippen LogP contribution in [0.25, 0.3) is 0 Å². The lowest BCUT2D eigenvalue weighted by atomic mass is 9.81. The minimum Gasteiger partial charge on any atom is -0.379 e. The van der Waals surface area contributed by atoms with E-state index in [1.165, 1.54) is 0 Å². The molecule has 1 aliphatic heterocycles. The molecule has 1 aliphatic rings. The first-order chi connectivity index (χ1) is 8.91. The summed E-state index contributed by atoms with van der Waals surface area (Å²) in [4.78, 5) is 14.2. The number of amides is 1. The number of hydrogen-bond acceptors (Lipinski definition) is 3. The van der Waals surface area contributed by atoms with Gasteiger partial charge in [0.1, 0.15) is 0 Å². The van der Waals surface area contributed by atoms with Crippen molar-refractivity contribution in [2.45, 2.75) is 41.5 Å². The van der Waals surface area contributed by atoms with Gasteiger partial charge >= 0.3 is 0 Å². The zero-order valence-corrected chi connectivity index (χ0v) is 13.6. The molecule has 1 heterocycles. The molecule has 1 rings (SSSR count). The van der Waals surface area contributed by atoms with E-state index in [0.29, 0.717) is 0 Å².